The first-order valence-corrected chi connectivity index (χ1v) is 4.48. The van der Waals surface area contributed by atoms with E-state index in [2.05, 4.69) is 10.6 Å². The number of carbonyl (C=O) groups is 1. The fourth-order valence-electron chi connectivity index (χ4n) is 1.24. The summed E-state index contributed by atoms with van der Waals surface area (Å²) in [6.45, 7) is 3.91. The molecule has 0 atom stereocenters. The average molecular weight is 206 g/mol. The topological polar surface area (TPSA) is 91.0 Å². The molecule has 0 heterocycles. The normalized spacial score (nSPS) is 9.47. The lowest BCUT2D eigenvalue weighted by molar-refractivity contribution is 0.253. The Morgan fingerprint density at radius 1 is 1.40 bits per heavy atom. The molecule has 0 aromatic heterocycles. The van der Waals surface area contributed by atoms with Crippen LogP contribution in [0, 0.1) is 19.3 Å². The molecular formula is C10H14N4O. The third-order valence-corrected chi connectivity index (χ3v) is 1.89. The van der Waals surface area contributed by atoms with Crippen molar-refractivity contribution in [3.05, 3.63) is 29.3 Å². The molecule has 0 aliphatic rings. The van der Waals surface area contributed by atoms with Gasteiger partial charge in [0.15, 0.2) is 0 Å². The lowest BCUT2D eigenvalue weighted by Gasteiger charge is -2.10. The zero-order valence-electron chi connectivity index (χ0n) is 8.72. The molecule has 2 amide bonds. The number of aryl methyl sites for hydroxylation is 2. The zero-order chi connectivity index (χ0) is 11.4. The van der Waals surface area contributed by atoms with Gasteiger partial charge in [-0.3, -0.25) is 10.7 Å². The van der Waals surface area contributed by atoms with Gasteiger partial charge in [0.2, 0.25) is 5.96 Å². The molecule has 1 rings (SSSR count). The number of benzene rings is 1. The summed E-state index contributed by atoms with van der Waals surface area (Å²) in [4.78, 5) is 10.5. The molecule has 0 radical (unpaired) electrons. The van der Waals surface area contributed by atoms with Crippen LogP contribution >= 0.6 is 0 Å². The second-order valence-electron chi connectivity index (χ2n) is 3.31. The van der Waals surface area contributed by atoms with Crippen LogP contribution < -0.4 is 16.4 Å². The van der Waals surface area contributed by atoms with Gasteiger partial charge in [-0.25, -0.2) is 4.79 Å². The van der Waals surface area contributed by atoms with Gasteiger partial charge in [-0.2, -0.15) is 0 Å². The summed E-state index contributed by atoms with van der Waals surface area (Å²) in [5.74, 6) is -0.130. The Kier molecular flexibility index (Phi) is 3.28. The van der Waals surface area contributed by atoms with Crippen LogP contribution in [0.5, 0.6) is 0 Å². The number of amides is 2. The second-order valence-corrected chi connectivity index (χ2v) is 3.31. The molecule has 80 valence electrons. The van der Waals surface area contributed by atoms with Crippen molar-refractivity contribution < 1.29 is 4.79 Å². The first-order chi connectivity index (χ1) is 6.99. The van der Waals surface area contributed by atoms with Crippen molar-refractivity contribution in [3.63, 3.8) is 0 Å². The van der Waals surface area contributed by atoms with Gasteiger partial charge < -0.3 is 11.1 Å². The molecular weight excluding hydrogens is 192 g/mol. The molecule has 0 unspecified atom stereocenters. The number of rotatable bonds is 1. The van der Waals surface area contributed by atoms with Crippen LogP contribution in [0.4, 0.5) is 10.5 Å². The van der Waals surface area contributed by atoms with Gasteiger partial charge in [-0.1, -0.05) is 17.7 Å². The minimum absolute atomic E-state index is 0.130. The molecule has 1 aromatic rings. The van der Waals surface area contributed by atoms with Crippen molar-refractivity contribution in [2.45, 2.75) is 13.8 Å². The molecule has 0 spiro atoms. The Hall–Kier alpha value is -2.04. The third kappa shape index (κ3) is 3.30. The highest BCUT2D eigenvalue weighted by Gasteiger charge is 2.02. The molecule has 0 saturated carbocycles. The third-order valence-electron chi connectivity index (χ3n) is 1.89. The van der Waals surface area contributed by atoms with E-state index >= 15 is 0 Å². The number of hydrogen-bond donors (Lipinski definition) is 4. The van der Waals surface area contributed by atoms with Crippen molar-refractivity contribution >= 4 is 17.7 Å². The maximum absolute atomic E-state index is 10.5. The standard InChI is InChI=1S/C10H14N4O/c1-6-3-4-8(7(2)5-6)13-9(11)14-10(12)15/h3-5H,1-2H3,(H5,11,12,13,14,15). The highest BCUT2D eigenvalue weighted by molar-refractivity contribution is 6.01. The lowest BCUT2D eigenvalue weighted by atomic mass is 10.1. The van der Waals surface area contributed by atoms with Gasteiger partial charge in [-0.05, 0) is 25.5 Å². The van der Waals surface area contributed by atoms with E-state index in [0.29, 0.717) is 0 Å². The first-order valence-electron chi connectivity index (χ1n) is 4.48. The molecule has 0 fully saturated rings. The fourth-order valence-corrected chi connectivity index (χ4v) is 1.24. The maximum Gasteiger partial charge on any atom is 0.318 e. The molecule has 5 heteroatoms. The van der Waals surface area contributed by atoms with Gasteiger partial charge >= 0.3 is 6.03 Å². The lowest BCUT2D eigenvalue weighted by Crippen LogP contribution is -2.38. The Bertz CT molecular complexity index is 400. The fraction of sp³-hybridized carbons (Fsp3) is 0.200. The van der Waals surface area contributed by atoms with Crippen molar-refractivity contribution in [2.24, 2.45) is 5.73 Å². The number of nitrogens with one attached hydrogen (secondary N) is 3. The quantitative estimate of drug-likeness (QED) is 0.412. The van der Waals surface area contributed by atoms with E-state index in [1.165, 1.54) is 0 Å². The van der Waals surface area contributed by atoms with E-state index in [9.17, 15) is 4.79 Å². The predicted octanol–water partition coefficient (Wildman–Crippen LogP) is 1.32. The van der Waals surface area contributed by atoms with Gasteiger partial charge in [0.1, 0.15) is 0 Å². The highest BCUT2D eigenvalue weighted by atomic mass is 16.2. The molecule has 5 nitrogen and oxygen atoms in total. The average Bonchev–Trinajstić information content (AvgIpc) is 2.08. The SMILES string of the molecule is Cc1ccc(NC(=N)NC(N)=O)c(C)c1. The van der Waals surface area contributed by atoms with E-state index in [1.54, 1.807) is 0 Å². The van der Waals surface area contributed by atoms with Crippen LogP contribution in [0.2, 0.25) is 0 Å². The van der Waals surface area contributed by atoms with Gasteiger partial charge in [0.25, 0.3) is 0 Å². The van der Waals surface area contributed by atoms with Crippen LogP contribution in [0.1, 0.15) is 11.1 Å². The minimum Gasteiger partial charge on any atom is -0.351 e. The van der Waals surface area contributed by atoms with E-state index in [-0.39, 0.29) is 5.96 Å². The van der Waals surface area contributed by atoms with E-state index in [0.717, 1.165) is 16.8 Å². The summed E-state index contributed by atoms with van der Waals surface area (Å²) < 4.78 is 0. The Labute approximate surface area is 88.2 Å². The number of hydrogen-bond acceptors (Lipinski definition) is 2. The van der Waals surface area contributed by atoms with Gasteiger partial charge in [0.05, 0.1) is 0 Å². The highest BCUT2D eigenvalue weighted by Crippen LogP contribution is 2.15. The zero-order valence-corrected chi connectivity index (χ0v) is 8.72. The van der Waals surface area contributed by atoms with E-state index in [1.807, 2.05) is 32.0 Å². The largest absolute Gasteiger partial charge is 0.351 e. The smallest absolute Gasteiger partial charge is 0.318 e. The van der Waals surface area contributed by atoms with E-state index in [4.69, 9.17) is 11.1 Å². The molecule has 0 bridgehead atoms. The van der Waals surface area contributed by atoms with Crippen molar-refractivity contribution in [1.29, 1.82) is 5.41 Å². The first kappa shape index (κ1) is 11.0. The number of nitrogens with two attached hydrogens (primary N) is 1. The molecule has 0 saturated heterocycles. The Balaban J connectivity index is 2.72. The minimum atomic E-state index is -0.753. The Morgan fingerprint density at radius 2 is 2.07 bits per heavy atom. The van der Waals surface area contributed by atoms with Crippen LogP contribution in [0.15, 0.2) is 18.2 Å². The number of urea groups is 1. The van der Waals surface area contributed by atoms with Crippen LogP contribution in [-0.4, -0.2) is 12.0 Å². The summed E-state index contributed by atoms with van der Waals surface area (Å²) in [6.07, 6.45) is 0. The van der Waals surface area contributed by atoms with Crippen LogP contribution in [0.25, 0.3) is 0 Å². The Morgan fingerprint density at radius 3 is 2.60 bits per heavy atom. The van der Waals surface area contributed by atoms with Crippen molar-refractivity contribution in [2.75, 3.05) is 5.32 Å². The molecule has 0 aliphatic heterocycles. The molecule has 5 N–H and O–H groups in total. The maximum atomic E-state index is 10.5. The molecule has 1 aromatic carbocycles. The van der Waals surface area contributed by atoms with Gasteiger partial charge in [-0.15, -0.1) is 0 Å². The molecule has 15 heavy (non-hydrogen) atoms. The number of primary amides is 1. The summed E-state index contributed by atoms with van der Waals surface area (Å²) in [7, 11) is 0. The number of guanidine groups is 1. The van der Waals surface area contributed by atoms with Crippen LogP contribution in [0.3, 0.4) is 0 Å². The summed E-state index contributed by atoms with van der Waals surface area (Å²) in [5, 5.41) is 12.3. The summed E-state index contributed by atoms with van der Waals surface area (Å²) in [5.41, 5.74) is 7.81. The number of carbonyl (C=O) groups excluding carboxylic acids is 1. The monoisotopic (exact) mass is 206 g/mol. The molecule has 0 aliphatic carbocycles. The van der Waals surface area contributed by atoms with E-state index < -0.39 is 6.03 Å². The summed E-state index contributed by atoms with van der Waals surface area (Å²) >= 11 is 0. The number of anilines is 1. The predicted molar refractivity (Wildman–Crippen MR) is 60.0 cm³/mol. The van der Waals surface area contributed by atoms with Gasteiger partial charge in [0, 0.05) is 5.69 Å². The summed E-state index contributed by atoms with van der Waals surface area (Å²) in [6, 6.07) is 5.01. The van der Waals surface area contributed by atoms with Crippen LogP contribution in [-0.2, 0) is 0 Å². The van der Waals surface area contributed by atoms with Crippen molar-refractivity contribution in [1.82, 2.24) is 5.32 Å². The van der Waals surface area contributed by atoms with Crippen molar-refractivity contribution in [3.8, 4) is 0 Å². The second kappa shape index (κ2) is 4.45.